The van der Waals surface area contributed by atoms with Crippen molar-refractivity contribution in [2.24, 2.45) is 0 Å². The molecule has 2 aromatic carbocycles. The van der Waals surface area contributed by atoms with Crippen molar-refractivity contribution in [3.8, 4) is 5.75 Å². The zero-order chi connectivity index (χ0) is 16.6. The summed E-state index contributed by atoms with van der Waals surface area (Å²) in [7, 11) is 0. The number of quaternary nitrogens is 1. The Hall–Kier alpha value is -2.17. The van der Waals surface area contributed by atoms with Crippen LogP contribution in [0.15, 0.2) is 77.4 Å². The lowest BCUT2D eigenvalue weighted by molar-refractivity contribution is -0.686. The number of hydrogen-bond acceptors (Lipinski definition) is 2. The summed E-state index contributed by atoms with van der Waals surface area (Å²) in [6.07, 6.45) is 1.83. The van der Waals surface area contributed by atoms with Crippen LogP contribution in [-0.2, 0) is 19.7 Å². The van der Waals surface area contributed by atoms with E-state index in [-0.39, 0.29) is 0 Å². The maximum absolute atomic E-state index is 6.02. The van der Waals surface area contributed by atoms with Gasteiger partial charge in [0.15, 0.2) is 0 Å². The van der Waals surface area contributed by atoms with Gasteiger partial charge in [0.05, 0.1) is 5.69 Å². The number of nitrogens with zero attached hydrogens (tertiary/aromatic N) is 1. The van der Waals surface area contributed by atoms with Crippen LogP contribution < -0.4 is 10.1 Å². The Morgan fingerprint density at radius 3 is 2.54 bits per heavy atom. The quantitative estimate of drug-likeness (QED) is 0.675. The number of nitrogens with two attached hydrogens (primary N) is 1. The summed E-state index contributed by atoms with van der Waals surface area (Å²) >= 11 is 3.55. The first-order valence-electron chi connectivity index (χ1n) is 7.98. The summed E-state index contributed by atoms with van der Waals surface area (Å²) in [5, 5.41) is 2.24. The van der Waals surface area contributed by atoms with E-state index < -0.39 is 0 Å². The van der Waals surface area contributed by atoms with Crippen LogP contribution in [0.5, 0.6) is 5.75 Å². The number of halogens is 1. The van der Waals surface area contributed by atoms with Crippen LogP contribution in [0, 0.1) is 0 Å². The molecule has 0 aliphatic heterocycles. The average Bonchev–Trinajstić information content (AvgIpc) is 2.63. The summed E-state index contributed by atoms with van der Waals surface area (Å²) in [5.41, 5.74) is 3.43. The van der Waals surface area contributed by atoms with Crippen LogP contribution >= 0.6 is 15.9 Å². The fourth-order valence-corrected chi connectivity index (χ4v) is 2.89. The van der Waals surface area contributed by atoms with Gasteiger partial charge in [-0.25, -0.2) is 0 Å². The van der Waals surface area contributed by atoms with Crippen LogP contribution in [0.1, 0.15) is 16.8 Å². The third kappa shape index (κ3) is 4.91. The average molecular weight is 384 g/mol. The van der Waals surface area contributed by atoms with E-state index in [9.17, 15) is 0 Å². The predicted octanol–water partition coefficient (Wildman–Crippen LogP) is 3.69. The monoisotopic (exact) mass is 383 g/mol. The maximum Gasteiger partial charge on any atom is 0.128 e. The molecule has 3 aromatic rings. The first-order chi connectivity index (χ1) is 11.8. The Morgan fingerprint density at radius 1 is 0.917 bits per heavy atom. The topological polar surface area (TPSA) is 38.7 Å². The summed E-state index contributed by atoms with van der Waals surface area (Å²) in [6, 6.07) is 22.4. The number of aromatic nitrogens is 1. The third-order valence-electron chi connectivity index (χ3n) is 3.70. The Bertz CT molecular complexity index is 763. The fourth-order valence-electron chi connectivity index (χ4n) is 2.48. The van der Waals surface area contributed by atoms with Gasteiger partial charge in [-0.1, -0.05) is 52.3 Å². The van der Waals surface area contributed by atoms with Gasteiger partial charge < -0.3 is 10.1 Å². The number of rotatable bonds is 7. The molecule has 0 unspecified atom stereocenters. The number of benzene rings is 2. The van der Waals surface area contributed by atoms with Crippen LogP contribution in [0.4, 0.5) is 0 Å². The van der Waals surface area contributed by atoms with Gasteiger partial charge in [0, 0.05) is 16.2 Å². The number of pyridine rings is 1. The van der Waals surface area contributed by atoms with Crippen LogP contribution in [0.2, 0.25) is 0 Å². The molecule has 0 bridgehead atoms. The number of ether oxygens (including phenoxy) is 1. The largest absolute Gasteiger partial charge is 0.488 e. The highest BCUT2D eigenvalue weighted by Gasteiger charge is 2.08. The van der Waals surface area contributed by atoms with Crippen LogP contribution in [0.3, 0.4) is 0 Å². The van der Waals surface area contributed by atoms with Gasteiger partial charge in [0.25, 0.3) is 0 Å². The van der Waals surface area contributed by atoms with E-state index in [0.29, 0.717) is 6.61 Å². The van der Waals surface area contributed by atoms with E-state index in [1.54, 1.807) is 0 Å². The van der Waals surface area contributed by atoms with Crippen LogP contribution in [-0.4, -0.2) is 4.98 Å². The molecule has 2 N–H and O–H groups in total. The Kier molecular flexibility index (Phi) is 5.99. The molecule has 1 aromatic heterocycles. The lowest BCUT2D eigenvalue weighted by atomic mass is 10.2. The lowest BCUT2D eigenvalue weighted by Gasteiger charge is -2.11. The van der Waals surface area contributed by atoms with E-state index in [2.05, 4.69) is 44.4 Å². The second-order valence-corrected chi connectivity index (χ2v) is 6.46. The van der Waals surface area contributed by atoms with Crippen LogP contribution in [0.25, 0.3) is 0 Å². The minimum atomic E-state index is 0.579. The van der Waals surface area contributed by atoms with E-state index in [1.165, 1.54) is 11.1 Å². The molecule has 24 heavy (non-hydrogen) atoms. The van der Waals surface area contributed by atoms with E-state index in [1.807, 2.05) is 54.7 Å². The molecule has 3 rings (SSSR count). The summed E-state index contributed by atoms with van der Waals surface area (Å²) in [5.74, 6) is 0.930. The standard InChI is InChI=1S/C20H19BrN2O/c21-18-9-10-20(24-15-16-6-2-1-3-7-16)17(12-18)13-22-14-19-8-4-5-11-23-19/h1-12,22H,13-15H2/p+1. The van der Waals surface area contributed by atoms with E-state index in [4.69, 9.17) is 4.74 Å². The van der Waals surface area contributed by atoms with Crippen molar-refractivity contribution in [3.63, 3.8) is 0 Å². The zero-order valence-corrected chi connectivity index (χ0v) is 14.9. The normalized spacial score (nSPS) is 10.5. The molecule has 0 saturated heterocycles. The molecule has 4 heteroatoms. The molecule has 0 fully saturated rings. The molecule has 1 heterocycles. The minimum absolute atomic E-state index is 0.579. The van der Waals surface area contributed by atoms with Crippen molar-refractivity contribution in [1.29, 1.82) is 0 Å². The van der Waals surface area contributed by atoms with E-state index in [0.717, 1.165) is 29.0 Å². The Balaban J connectivity index is 1.62. The molecular formula is C20H20BrN2O+. The molecule has 122 valence electrons. The molecule has 0 radical (unpaired) electrons. The van der Waals surface area contributed by atoms with Crippen molar-refractivity contribution >= 4 is 15.9 Å². The lowest BCUT2D eigenvalue weighted by Crippen LogP contribution is -2.80. The molecule has 0 saturated carbocycles. The first-order valence-corrected chi connectivity index (χ1v) is 8.77. The van der Waals surface area contributed by atoms with Gasteiger partial charge in [-0.15, -0.1) is 0 Å². The van der Waals surface area contributed by atoms with Gasteiger partial charge in [-0.3, -0.25) is 4.98 Å². The highest BCUT2D eigenvalue weighted by atomic mass is 79.9. The Labute approximate surface area is 150 Å². The van der Waals surface area contributed by atoms with Gasteiger partial charge in [-0.2, -0.15) is 0 Å². The van der Waals surface area contributed by atoms with E-state index >= 15 is 0 Å². The van der Waals surface area contributed by atoms with Crippen molar-refractivity contribution < 1.29 is 10.1 Å². The highest BCUT2D eigenvalue weighted by molar-refractivity contribution is 9.10. The van der Waals surface area contributed by atoms with Gasteiger partial charge >= 0.3 is 0 Å². The SMILES string of the molecule is Brc1ccc(OCc2ccccc2)c(C[NH2+]Cc2ccccn2)c1. The third-order valence-corrected chi connectivity index (χ3v) is 4.20. The highest BCUT2D eigenvalue weighted by Crippen LogP contribution is 2.23. The number of hydrogen-bond donors (Lipinski definition) is 1. The minimum Gasteiger partial charge on any atom is -0.488 e. The summed E-state index contributed by atoms with van der Waals surface area (Å²) < 4.78 is 7.09. The second-order valence-electron chi connectivity index (χ2n) is 5.54. The second kappa shape index (κ2) is 8.62. The summed E-state index contributed by atoms with van der Waals surface area (Å²) in [4.78, 5) is 4.35. The van der Waals surface area contributed by atoms with Gasteiger partial charge in [0.2, 0.25) is 0 Å². The van der Waals surface area contributed by atoms with Crippen molar-refractivity contribution in [2.45, 2.75) is 19.7 Å². The molecule has 0 atom stereocenters. The molecule has 0 aliphatic carbocycles. The van der Waals surface area contributed by atoms with Gasteiger partial charge in [0.1, 0.15) is 25.4 Å². The molecular weight excluding hydrogens is 364 g/mol. The smallest absolute Gasteiger partial charge is 0.128 e. The fraction of sp³-hybridized carbons (Fsp3) is 0.150. The maximum atomic E-state index is 6.02. The first kappa shape index (κ1) is 16.7. The van der Waals surface area contributed by atoms with Crippen molar-refractivity contribution in [2.75, 3.05) is 0 Å². The molecule has 0 spiro atoms. The van der Waals surface area contributed by atoms with Crippen molar-refractivity contribution in [1.82, 2.24) is 4.98 Å². The zero-order valence-electron chi connectivity index (χ0n) is 13.4. The van der Waals surface area contributed by atoms with Gasteiger partial charge in [-0.05, 0) is 35.9 Å². The Morgan fingerprint density at radius 2 is 1.75 bits per heavy atom. The van der Waals surface area contributed by atoms with Crippen molar-refractivity contribution in [3.05, 3.63) is 94.2 Å². The molecule has 0 aliphatic rings. The molecule has 0 amide bonds. The predicted molar refractivity (Wildman–Crippen MR) is 98.5 cm³/mol. The summed E-state index contributed by atoms with van der Waals surface area (Å²) in [6.45, 7) is 2.28. The molecule has 3 nitrogen and oxygen atoms in total.